The van der Waals surface area contributed by atoms with Crippen LogP contribution in [0.2, 0.25) is 0 Å². The number of hydrogen-bond acceptors (Lipinski definition) is 5. The zero-order valence-corrected chi connectivity index (χ0v) is 14.1. The summed E-state index contributed by atoms with van der Waals surface area (Å²) >= 11 is 3.41. The van der Waals surface area contributed by atoms with Crippen molar-refractivity contribution in [1.29, 1.82) is 0 Å². The van der Waals surface area contributed by atoms with Crippen molar-refractivity contribution in [2.45, 2.75) is 6.04 Å². The Labute approximate surface area is 142 Å². The van der Waals surface area contributed by atoms with Crippen molar-refractivity contribution in [2.75, 3.05) is 31.1 Å². The molecule has 23 heavy (non-hydrogen) atoms. The molecule has 1 unspecified atom stereocenters. The summed E-state index contributed by atoms with van der Waals surface area (Å²) in [5.74, 6) is -0.131. The first-order valence-corrected chi connectivity index (χ1v) is 8.19. The van der Waals surface area contributed by atoms with E-state index in [1.54, 1.807) is 18.5 Å². The molecular formula is C16H17BrN4O2. The Morgan fingerprint density at radius 3 is 2.43 bits per heavy atom. The molecule has 2 aromatic rings. The summed E-state index contributed by atoms with van der Waals surface area (Å²) < 4.78 is 0.887. The van der Waals surface area contributed by atoms with Gasteiger partial charge >= 0.3 is 5.97 Å². The molecule has 0 spiro atoms. The van der Waals surface area contributed by atoms with Crippen LogP contribution in [0, 0.1) is 0 Å². The van der Waals surface area contributed by atoms with E-state index in [-0.39, 0.29) is 0 Å². The first-order valence-electron chi connectivity index (χ1n) is 7.39. The fourth-order valence-electron chi connectivity index (χ4n) is 2.82. The molecule has 1 aliphatic heterocycles. The normalized spacial score (nSPS) is 17.0. The summed E-state index contributed by atoms with van der Waals surface area (Å²) in [5, 5.41) is 9.66. The van der Waals surface area contributed by atoms with Crippen LogP contribution in [-0.2, 0) is 4.79 Å². The van der Waals surface area contributed by atoms with Gasteiger partial charge in [0, 0.05) is 43.0 Å². The molecule has 1 saturated heterocycles. The van der Waals surface area contributed by atoms with Crippen LogP contribution in [0.25, 0.3) is 0 Å². The van der Waals surface area contributed by atoms with Gasteiger partial charge in [0.2, 0.25) is 5.95 Å². The molecule has 120 valence electrons. The monoisotopic (exact) mass is 376 g/mol. The van der Waals surface area contributed by atoms with E-state index in [1.807, 2.05) is 29.2 Å². The third kappa shape index (κ3) is 3.68. The van der Waals surface area contributed by atoms with E-state index >= 15 is 0 Å². The second-order valence-electron chi connectivity index (χ2n) is 5.37. The molecule has 1 aromatic carbocycles. The van der Waals surface area contributed by atoms with E-state index < -0.39 is 12.0 Å². The second-order valence-corrected chi connectivity index (χ2v) is 6.28. The van der Waals surface area contributed by atoms with Gasteiger partial charge in [0.15, 0.2) is 0 Å². The lowest BCUT2D eigenvalue weighted by Crippen LogP contribution is -2.49. The van der Waals surface area contributed by atoms with Crippen molar-refractivity contribution in [3.8, 4) is 0 Å². The van der Waals surface area contributed by atoms with Crippen molar-refractivity contribution in [1.82, 2.24) is 14.9 Å². The predicted octanol–water partition coefficient (Wildman–Crippen LogP) is 2.19. The highest BCUT2D eigenvalue weighted by atomic mass is 79.9. The quantitative estimate of drug-likeness (QED) is 0.881. The molecule has 0 radical (unpaired) electrons. The first-order chi connectivity index (χ1) is 11.1. The topological polar surface area (TPSA) is 69.6 Å². The van der Waals surface area contributed by atoms with Crippen molar-refractivity contribution in [2.24, 2.45) is 0 Å². The summed E-state index contributed by atoms with van der Waals surface area (Å²) in [6.07, 6.45) is 3.44. The van der Waals surface area contributed by atoms with Crippen LogP contribution in [0.4, 0.5) is 5.95 Å². The molecule has 1 aromatic heterocycles. The molecule has 0 bridgehead atoms. The number of hydrogen-bond donors (Lipinski definition) is 1. The third-order valence-electron chi connectivity index (χ3n) is 3.91. The van der Waals surface area contributed by atoms with E-state index in [9.17, 15) is 9.90 Å². The Morgan fingerprint density at radius 2 is 1.83 bits per heavy atom. The maximum absolute atomic E-state index is 11.8. The average Bonchev–Trinajstić information content (AvgIpc) is 2.56. The number of carbonyl (C=O) groups is 1. The lowest BCUT2D eigenvalue weighted by molar-refractivity contribution is -0.143. The largest absolute Gasteiger partial charge is 0.480 e. The van der Waals surface area contributed by atoms with Crippen LogP contribution in [0.15, 0.2) is 47.2 Å². The van der Waals surface area contributed by atoms with Gasteiger partial charge in [-0.2, -0.15) is 0 Å². The number of halogens is 1. The van der Waals surface area contributed by atoms with Crippen molar-refractivity contribution in [3.63, 3.8) is 0 Å². The van der Waals surface area contributed by atoms with Gasteiger partial charge in [-0.05, 0) is 23.8 Å². The van der Waals surface area contributed by atoms with Gasteiger partial charge in [-0.1, -0.05) is 28.1 Å². The van der Waals surface area contributed by atoms with Gasteiger partial charge in [-0.3, -0.25) is 9.69 Å². The Hall–Kier alpha value is -1.99. The van der Waals surface area contributed by atoms with Crippen LogP contribution < -0.4 is 4.90 Å². The number of aliphatic carboxylic acids is 1. The lowest BCUT2D eigenvalue weighted by Gasteiger charge is -2.37. The second kappa shape index (κ2) is 7.06. The number of carboxylic acid groups (broad SMARTS) is 1. The minimum Gasteiger partial charge on any atom is -0.480 e. The fraction of sp³-hybridized carbons (Fsp3) is 0.312. The summed E-state index contributed by atoms with van der Waals surface area (Å²) in [7, 11) is 0. The van der Waals surface area contributed by atoms with Crippen molar-refractivity contribution < 1.29 is 9.90 Å². The van der Waals surface area contributed by atoms with Gasteiger partial charge in [-0.15, -0.1) is 0 Å². The summed E-state index contributed by atoms with van der Waals surface area (Å²) in [6, 6.07) is 8.64. The van der Waals surface area contributed by atoms with Crippen molar-refractivity contribution in [3.05, 3.63) is 52.8 Å². The number of anilines is 1. The van der Waals surface area contributed by atoms with Gasteiger partial charge < -0.3 is 10.0 Å². The minimum atomic E-state index is -0.826. The van der Waals surface area contributed by atoms with Gasteiger partial charge in [0.1, 0.15) is 6.04 Å². The highest BCUT2D eigenvalue weighted by Crippen LogP contribution is 2.25. The molecule has 3 rings (SSSR count). The molecule has 0 saturated carbocycles. The highest BCUT2D eigenvalue weighted by molar-refractivity contribution is 9.10. The highest BCUT2D eigenvalue weighted by Gasteiger charge is 2.30. The molecule has 7 heteroatoms. The summed E-state index contributed by atoms with van der Waals surface area (Å²) in [4.78, 5) is 24.3. The number of rotatable bonds is 4. The fourth-order valence-corrected chi connectivity index (χ4v) is 3.24. The first kappa shape index (κ1) is 15.9. The van der Waals surface area contributed by atoms with Gasteiger partial charge in [0.05, 0.1) is 0 Å². The Morgan fingerprint density at radius 1 is 1.13 bits per heavy atom. The molecule has 1 atom stereocenters. The molecule has 1 aliphatic rings. The molecule has 1 fully saturated rings. The summed E-state index contributed by atoms with van der Waals surface area (Å²) in [6.45, 7) is 2.73. The lowest BCUT2D eigenvalue weighted by atomic mass is 10.0. The van der Waals surface area contributed by atoms with Crippen molar-refractivity contribution >= 4 is 27.8 Å². The standard InChI is InChI=1S/C16H17BrN4O2/c17-13-4-1-3-12(11-13)14(15(22)23)20-7-9-21(10-8-20)16-18-5-2-6-19-16/h1-6,11,14H,7-10H2,(H,22,23). The number of benzene rings is 1. The smallest absolute Gasteiger partial charge is 0.325 e. The number of carboxylic acids is 1. The number of aromatic nitrogens is 2. The van der Waals surface area contributed by atoms with E-state index in [1.165, 1.54) is 0 Å². The van der Waals surface area contributed by atoms with E-state index in [4.69, 9.17) is 0 Å². The van der Waals surface area contributed by atoms with E-state index in [2.05, 4.69) is 30.8 Å². The SMILES string of the molecule is O=C(O)C(c1cccc(Br)c1)N1CCN(c2ncccn2)CC1. The Kier molecular flexibility index (Phi) is 4.88. The predicted molar refractivity (Wildman–Crippen MR) is 90.3 cm³/mol. The molecule has 0 aliphatic carbocycles. The zero-order valence-electron chi connectivity index (χ0n) is 12.5. The van der Waals surface area contributed by atoms with Gasteiger partial charge in [-0.25, -0.2) is 9.97 Å². The number of piperazine rings is 1. The minimum absolute atomic E-state index is 0.633. The van der Waals surface area contributed by atoms with Crippen LogP contribution in [0.3, 0.4) is 0 Å². The maximum atomic E-state index is 11.8. The zero-order chi connectivity index (χ0) is 16.2. The Bertz CT molecular complexity index is 675. The van der Waals surface area contributed by atoms with E-state index in [0.717, 1.165) is 10.0 Å². The molecular weight excluding hydrogens is 360 g/mol. The molecule has 1 N–H and O–H groups in total. The van der Waals surface area contributed by atoms with Crippen LogP contribution in [0.5, 0.6) is 0 Å². The summed E-state index contributed by atoms with van der Waals surface area (Å²) in [5.41, 5.74) is 0.788. The molecule has 2 heterocycles. The maximum Gasteiger partial charge on any atom is 0.325 e. The van der Waals surface area contributed by atoms with E-state index in [0.29, 0.717) is 32.1 Å². The van der Waals surface area contributed by atoms with Gasteiger partial charge in [0.25, 0.3) is 0 Å². The third-order valence-corrected chi connectivity index (χ3v) is 4.41. The van der Waals surface area contributed by atoms with Crippen LogP contribution >= 0.6 is 15.9 Å². The number of nitrogens with zero attached hydrogens (tertiary/aromatic N) is 4. The average molecular weight is 377 g/mol. The van der Waals surface area contributed by atoms with Crippen LogP contribution in [-0.4, -0.2) is 52.1 Å². The molecule has 0 amide bonds. The van der Waals surface area contributed by atoms with Crippen LogP contribution in [0.1, 0.15) is 11.6 Å². The molecule has 6 nitrogen and oxygen atoms in total. The Balaban J connectivity index is 1.73.